The first-order valence-corrected chi connectivity index (χ1v) is 9.56. The molecule has 0 aliphatic heterocycles. The van der Waals surface area contributed by atoms with Gasteiger partial charge >= 0.3 is 0 Å². The summed E-state index contributed by atoms with van der Waals surface area (Å²) in [5.74, 6) is -0.211. The zero-order valence-electron chi connectivity index (χ0n) is 15.5. The molecule has 0 saturated carbocycles. The van der Waals surface area contributed by atoms with Gasteiger partial charge < -0.3 is 10.2 Å². The number of likely N-dealkylation sites (N-methyl/N-ethyl adjacent to an activating group) is 1. The minimum Gasteiger partial charge on any atom is -0.350 e. The van der Waals surface area contributed by atoms with Crippen LogP contribution in [-0.4, -0.2) is 62.8 Å². The second-order valence-electron chi connectivity index (χ2n) is 6.50. The SMILES string of the molecule is CCN(CC)S(=O)(=O)c1ccc(C(=O)NCC(C)(C)N(C)C)cc1. The molecule has 0 saturated heterocycles. The number of nitrogens with zero attached hydrogens (tertiary/aromatic N) is 2. The normalized spacial score (nSPS) is 12.7. The van der Waals surface area contributed by atoms with Gasteiger partial charge in [0.25, 0.3) is 5.91 Å². The molecule has 0 heterocycles. The third kappa shape index (κ3) is 4.78. The van der Waals surface area contributed by atoms with E-state index in [-0.39, 0.29) is 16.3 Å². The Balaban J connectivity index is 2.86. The van der Waals surface area contributed by atoms with E-state index in [1.165, 1.54) is 16.4 Å². The van der Waals surface area contributed by atoms with Crippen molar-refractivity contribution in [1.29, 1.82) is 0 Å². The average Bonchev–Trinajstić information content (AvgIpc) is 2.53. The van der Waals surface area contributed by atoms with Crippen LogP contribution < -0.4 is 5.32 Å². The Labute approximate surface area is 145 Å². The molecule has 0 atom stereocenters. The van der Waals surface area contributed by atoms with Gasteiger partial charge in [-0.15, -0.1) is 0 Å². The van der Waals surface area contributed by atoms with Crippen LogP contribution in [0.5, 0.6) is 0 Å². The lowest BCUT2D eigenvalue weighted by molar-refractivity contribution is 0.0919. The van der Waals surface area contributed by atoms with Crippen molar-refractivity contribution < 1.29 is 13.2 Å². The van der Waals surface area contributed by atoms with E-state index in [2.05, 4.69) is 5.32 Å². The van der Waals surface area contributed by atoms with E-state index in [9.17, 15) is 13.2 Å². The molecule has 0 aliphatic carbocycles. The lowest BCUT2D eigenvalue weighted by atomic mass is 10.0. The van der Waals surface area contributed by atoms with Crippen molar-refractivity contribution in [2.24, 2.45) is 0 Å². The van der Waals surface area contributed by atoms with Crippen molar-refractivity contribution in [3.63, 3.8) is 0 Å². The Morgan fingerprint density at radius 2 is 1.58 bits per heavy atom. The van der Waals surface area contributed by atoms with Crippen LogP contribution in [0.1, 0.15) is 38.1 Å². The van der Waals surface area contributed by atoms with Gasteiger partial charge in [-0.3, -0.25) is 4.79 Å². The number of hydrogen-bond acceptors (Lipinski definition) is 4. The molecule has 0 spiro atoms. The maximum atomic E-state index is 12.4. The van der Waals surface area contributed by atoms with Gasteiger partial charge in [-0.05, 0) is 52.2 Å². The fraction of sp³-hybridized carbons (Fsp3) is 0.588. The molecule has 6 nitrogen and oxygen atoms in total. The van der Waals surface area contributed by atoms with E-state index in [1.807, 2.05) is 32.8 Å². The van der Waals surface area contributed by atoms with Crippen LogP contribution in [0.25, 0.3) is 0 Å². The van der Waals surface area contributed by atoms with Gasteiger partial charge in [0, 0.05) is 30.7 Å². The molecule has 0 fully saturated rings. The Bertz CT molecular complexity index is 648. The molecule has 136 valence electrons. The van der Waals surface area contributed by atoms with Gasteiger partial charge in [0.2, 0.25) is 10.0 Å². The molecular weight excluding hydrogens is 326 g/mol. The van der Waals surface area contributed by atoms with Crippen LogP contribution in [0.2, 0.25) is 0 Å². The van der Waals surface area contributed by atoms with E-state index in [0.29, 0.717) is 25.2 Å². The molecule has 0 bridgehead atoms. The number of carbonyl (C=O) groups is 1. The van der Waals surface area contributed by atoms with E-state index >= 15 is 0 Å². The maximum absolute atomic E-state index is 12.4. The molecular formula is C17H29N3O3S. The van der Waals surface area contributed by atoms with Crippen molar-refractivity contribution in [1.82, 2.24) is 14.5 Å². The monoisotopic (exact) mass is 355 g/mol. The summed E-state index contributed by atoms with van der Waals surface area (Å²) in [6, 6.07) is 6.07. The van der Waals surface area contributed by atoms with E-state index in [1.54, 1.807) is 26.0 Å². The number of sulfonamides is 1. The highest BCUT2D eigenvalue weighted by Crippen LogP contribution is 2.16. The lowest BCUT2D eigenvalue weighted by Gasteiger charge is -2.32. The van der Waals surface area contributed by atoms with Gasteiger partial charge in [0.15, 0.2) is 0 Å². The van der Waals surface area contributed by atoms with Crippen molar-refractivity contribution >= 4 is 15.9 Å². The first kappa shape index (κ1) is 20.6. The van der Waals surface area contributed by atoms with Crippen LogP contribution >= 0.6 is 0 Å². The highest BCUT2D eigenvalue weighted by atomic mass is 32.2. The molecule has 24 heavy (non-hydrogen) atoms. The van der Waals surface area contributed by atoms with E-state index in [0.717, 1.165) is 0 Å². The molecule has 1 N–H and O–H groups in total. The number of rotatable bonds is 8. The summed E-state index contributed by atoms with van der Waals surface area (Å²) in [5.41, 5.74) is 0.282. The second kappa shape index (κ2) is 8.09. The van der Waals surface area contributed by atoms with Gasteiger partial charge in [-0.25, -0.2) is 8.42 Å². The minimum atomic E-state index is -3.50. The van der Waals surface area contributed by atoms with Crippen LogP contribution in [-0.2, 0) is 10.0 Å². The third-order valence-corrected chi connectivity index (χ3v) is 6.42. The summed E-state index contributed by atoms with van der Waals surface area (Å²) in [6.45, 7) is 9.00. The molecule has 0 radical (unpaired) electrons. The Hall–Kier alpha value is -1.44. The van der Waals surface area contributed by atoms with Crippen molar-refractivity contribution in [2.75, 3.05) is 33.7 Å². The highest BCUT2D eigenvalue weighted by Gasteiger charge is 2.23. The van der Waals surface area contributed by atoms with Crippen molar-refractivity contribution in [3.05, 3.63) is 29.8 Å². The number of nitrogens with one attached hydrogen (secondary N) is 1. The predicted octanol–water partition coefficient (Wildman–Crippen LogP) is 1.79. The maximum Gasteiger partial charge on any atom is 0.251 e. The van der Waals surface area contributed by atoms with Crippen LogP contribution in [0.4, 0.5) is 0 Å². The van der Waals surface area contributed by atoms with E-state index in [4.69, 9.17) is 0 Å². The zero-order valence-corrected chi connectivity index (χ0v) is 16.3. The quantitative estimate of drug-likeness (QED) is 0.772. The molecule has 0 aromatic heterocycles. The molecule has 1 amide bonds. The van der Waals surface area contributed by atoms with Crippen LogP contribution in [0.3, 0.4) is 0 Å². The van der Waals surface area contributed by atoms with Crippen molar-refractivity contribution in [3.8, 4) is 0 Å². The van der Waals surface area contributed by atoms with E-state index < -0.39 is 10.0 Å². The molecule has 0 aliphatic rings. The fourth-order valence-electron chi connectivity index (χ4n) is 2.05. The van der Waals surface area contributed by atoms with Crippen LogP contribution in [0, 0.1) is 0 Å². The molecule has 1 aromatic carbocycles. The highest BCUT2D eigenvalue weighted by molar-refractivity contribution is 7.89. The standard InChI is InChI=1S/C17H29N3O3S/c1-7-20(8-2)24(22,23)15-11-9-14(10-12-15)16(21)18-13-17(3,4)19(5)6/h9-12H,7-8,13H2,1-6H3,(H,18,21). The van der Waals surface area contributed by atoms with Gasteiger partial charge in [-0.2, -0.15) is 4.31 Å². The molecule has 0 unspecified atom stereocenters. The lowest BCUT2D eigenvalue weighted by Crippen LogP contribution is -2.48. The molecule has 1 rings (SSSR count). The van der Waals surface area contributed by atoms with Gasteiger partial charge in [0.1, 0.15) is 0 Å². The van der Waals surface area contributed by atoms with Gasteiger partial charge in [-0.1, -0.05) is 13.8 Å². The topological polar surface area (TPSA) is 69.7 Å². The summed E-state index contributed by atoms with van der Waals surface area (Å²) >= 11 is 0. The minimum absolute atomic E-state index is 0.165. The summed E-state index contributed by atoms with van der Waals surface area (Å²) < 4.78 is 26.2. The largest absolute Gasteiger partial charge is 0.350 e. The smallest absolute Gasteiger partial charge is 0.251 e. The average molecular weight is 356 g/mol. The second-order valence-corrected chi connectivity index (χ2v) is 8.44. The van der Waals surface area contributed by atoms with Gasteiger partial charge in [0.05, 0.1) is 4.90 Å². The summed E-state index contributed by atoms with van der Waals surface area (Å²) in [7, 11) is 0.419. The molecule has 7 heteroatoms. The first-order chi connectivity index (χ1) is 11.1. The Kier molecular flexibility index (Phi) is 6.95. The number of amides is 1. The van der Waals surface area contributed by atoms with Crippen molar-refractivity contribution in [2.45, 2.75) is 38.1 Å². The van der Waals surface area contributed by atoms with Crippen LogP contribution in [0.15, 0.2) is 29.2 Å². The first-order valence-electron chi connectivity index (χ1n) is 8.12. The summed E-state index contributed by atoms with van der Waals surface area (Å²) in [5, 5.41) is 2.88. The number of benzene rings is 1. The number of hydrogen-bond donors (Lipinski definition) is 1. The molecule has 1 aromatic rings. The zero-order chi connectivity index (χ0) is 18.5. The Morgan fingerprint density at radius 3 is 2.00 bits per heavy atom. The third-order valence-electron chi connectivity index (χ3n) is 4.35. The Morgan fingerprint density at radius 1 is 1.08 bits per heavy atom. The fourth-order valence-corrected chi connectivity index (χ4v) is 3.51. The number of carbonyl (C=O) groups excluding carboxylic acids is 1. The predicted molar refractivity (Wildman–Crippen MR) is 96.6 cm³/mol. The summed E-state index contributed by atoms with van der Waals surface area (Å²) in [6.07, 6.45) is 0. The summed E-state index contributed by atoms with van der Waals surface area (Å²) in [4.78, 5) is 14.5.